The molecule has 0 aliphatic heterocycles. The van der Waals surface area contributed by atoms with Gasteiger partial charge in [0.25, 0.3) is 0 Å². The molecule has 0 fully saturated rings. The topological polar surface area (TPSA) is 78.5 Å². The molecule has 1 rings (SSSR count). The van der Waals surface area contributed by atoms with E-state index >= 15 is 0 Å². The Hall–Kier alpha value is -0.940. The maximum Gasteiger partial charge on any atom is 0.105 e. The molecule has 2 atom stereocenters. The second kappa shape index (κ2) is 6.60. The molecular formula is C12H20N2O2. The molecule has 0 bridgehead atoms. The Kier molecular flexibility index (Phi) is 5.42. The molecule has 0 heterocycles. The minimum absolute atomic E-state index is 0.369. The first-order valence-corrected chi connectivity index (χ1v) is 5.48. The summed E-state index contributed by atoms with van der Waals surface area (Å²) < 4.78 is 0. The van der Waals surface area contributed by atoms with E-state index in [2.05, 4.69) is 5.32 Å². The lowest BCUT2D eigenvalue weighted by molar-refractivity contribution is 0.0150. The van der Waals surface area contributed by atoms with Gasteiger partial charge in [-0.1, -0.05) is 24.3 Å². The van der Waals surface area contributed by atoms with Crippen LogP contribution >= 0.6 is 0 Å². The molecule has 4 heteroatoms. The monoisotopic (exact) mass is 224 g/mol. The third kappa shape index (κ3) is 3.57. The molecule has 0 saturated carbocycles. The smallest absolute Gasteiger partial charge is 0.105 e. The fourth-order valence-electron chi connectivity index (χ4n) is 1.64. The first kappa shape index (κ1) is 13.1. The average molecular weight is 224 g/mol. The molecule has 0 aromatic heterocycles. The number of nitrogens with two attached hydrogens (primary N) is 1. The van der Waals surface area contributed by atoms with E-state index in [9.17, 15) is 10.2 Å². The van der Waals surface area contributed by atoms with Crippen molar-refractivity contribution < 1.29 is 10.2 Å². The average Bonchev–Trinajstić information content (AvgIpc) is 2.29. The quantitative estimate of drug-likeness (QED) is 0.554. The highest BCUT2D eigenvalue weighted by Crippen LogP contribution is 2.19. The van der Waals surface area contributed by atoms with Gasteiger partial charge < -0.3 is 21.3 Å². The molecule has 16 heavy (non-hydrogen) atoms. The minimum Gasteiger partial charge on any atom is -0.390 e. The summed E-state index contributed by atoms with van der Waals surface area (Å²) in [7, 11) is 1.87. The van der Waals surface area contributed by atoms with Crippen molar-refractivity contribution in [2.45, 2.75) is 25.2 Å². The summed E-state index contributed by atoms with van der Waals surface area (Å²) in [6, 6.07) is 7.55. The van der Waals surface area contributed by atoms with Crippen LogP contribution in [0.4, 0.5) is 0 Å². The maximum absolute atomic E-state index is 9.89. The molecule has 2 unspecified atom stereocenters. The van der Waals surface area contributed by atoms with Gasteiger partial charge in [-0.15, -0.1) is 0 Å². The summed E-state index contributed by atoms with van der Waals surface area (Å²) in [6.07, 6.45) is -1.26. The zero-order valence-electron chi connectivity index (χ0n) is 9.56. The standard InChI is InChI=1S/C12H20N2O2/c1-14-8-9-3-2-4-10(7-9)12(16)11(15)5-6-13/h2-4,7,11-12,14-16H,5-6,8,13H2,1H3. The Morgan fingerprint density at radius 3 is 2.75 bits per heavy atom. The Labute approximate surface area is 96.1 Å². The first-order chi connectivity index (χ1) is 7.69. The third-order valence-electron chi connectivity index (χ3n) is 2.50. The molecule has 1 aromatic carbocycles. The van der Waals surface area contributed by atoms with E-state index in [0.717, 1.165) is 17.7 Å². The van der Waals surface area contributed by atoms with Crippen molar-refractivity contribution in [3.63, 3.8) is 0 Å². The lowest BCUT2D eigenvalue weighted by atomic mass is 10.00. The van der Waals surface area contributed by atoms with E-state index < -0.39 is 12.2 Å². The Morgan fingerprint density at radius 1 is 1.38 bits per heavy atom. The fourth-order valence-corrected chi connectivity index (χ4v) is 1.64. The van der Waals surface area contributed by atoms with Crippen molar-refractivity contribution in [3.05, 3.63) is 35.4 Å². The SMILES string of the molecule is CNCc1cccc(C(O)C(O)CCN)c1. The van der Waals surface area contributed by atoms with Crippen LogP contribution in [0.5, 0.6) is 0 Å². The molecule has 0 aliphatic carbocycles. The van der Waals surface area contributed by atoms with Crippen LogP contribution in [-0.2, 0) is 6.54 Å². The van der Waals surface area contributed by atoms with Crippen LogP contribution in [0, 0.1) is 0 Å². The van der Waals surface area contributed by atoms with Crippen LogP contribution in [0.25, 0.3) is 0 Å². The second-order valence-electron chi connectivity index (χ2n) is 3.86. The molecule has 0 spiro atoms. The highest BCUT2D eigenvalue weighted by molar-refractivity contribution is 5.25. The molecular weight excluding hydrogens is 204 g/mol. The maximum atomic E-state index is 9.89. The minimum atomic E-state index is -0.861. The fraction of sp³-hybridized carbons (Fsp3) is 0.500. The second-order valence-corrected chi connectivity index (χ2v) is 3.86. The van der Waals surface area contributed by atoms with Crippen LogP contribution in [0.1, 0.15) is 23.7 Å². The van der Waals surface area contributed by atoms with Crippen molar-refractivity contribution in [2.75, 3.05) is 13.6 Å². The lowest BCUT2D eigenvalue weighted by Crippen LogP contribution is -2.22. The van der Waals surface area contributed by atoms with Crippen molar-refractivity contribution in [3.8, 4) is 0 Å². The summed E-state index contributed by atoms with van der Waals surface area (Å²) in [5, 5.41) is 22.6. The van der Waals surface area contributed by atoms with Crippen molar-refractivity contribution in [1.29, 1.82) is 0 Å². The van der Waals surface area contributed by atoms with Gasteiger partial charge in [0, 0.05) is 6.54 Å². The number of aliphatic hydroxyl groups is 2. The Bertz CT molecular complexity index is 318. The van der Waals surface area contributed by atoms with Gasteiger partial charge in [0.2, 0.25) is 0 Å². The van der Waals surface area contributed by atoms with Gasteiger partial charge in [0.1, 0.15) is 6.10 Å². The van der Waals surface area contributed by atoms with Gasteiger partial charge in [0.05, 0.1) is 6.10 Å². The number of hydrogen-bond acceptors (Lipinski definition) is 4. The highest BCUT2D eigenvalue weighted by atomic mass is 16.3. The van der Waals surface area contributed by atoms with Gasteiger partial charge in [-0.25, -0.2) is 0 Å². The predicted octanol–water partition coefficient (Wildman–Crippen LogP) is 0.149. The van der Waals surface area contributed by atoms with Crippen LogP contribution in [0.3, 0.4) is 0 Å². The van der Waals surface area contributed by atoms with E-state index in [1.165, 1.54) is 0 Å². The predicted molar refractivity (Wildman–Crippen MR) is 63.8 cm³/mol. The van der Waals surface area contributed by atoms with Crippen LogP contribution in [0.15, 0.2) is 24.3 Å². The normalized spacial score (nSPS) is 14.8. The largest absolute Gasteiger partial charge is 0.390 e. The zero-order valence-corrected chi connectivity index (χ0v) is 9.56. The highest BCUT2D eigenvalue weighted by Gasteiger charge is 2.17. The van der Waals surface area contributed by atoms with Crippen molar-refractivity contribution in [1.82, 2.24) is 5.32 Å². The molecule has 0 saturated heterocycles. The number of benzene rings is 1. The van der Waals surface area contributed by atoms with E-state index in [0.29, 0.717) is 13.0 Å². The van der Waals surface area contributed by atoms with Gasteiger partial charge in [-0.05, 0) is 31.1 Å². The van der Waals surface area contributed by atoms with Crippen LogP contribution in [0.2, 0.25) is 0 Å². The van der Waals surface area contributed by atoms with Gasteiger partial charge in [-0.2, -0.15) is 0 Å². The molecule has 5 N–H and O–H groups in total. The zero-order chi connectivity index (χ0) is 12.0. The van der Waals surface area contributed by atoms with Gasteiger partial charge in [0.15, 0.2) is 0 Å². The van der Waals surface area contributed by atoms with Crippen LogP contribution in [-0.4, -0.2) is 29.9 Å². The molecule has 90 valence electrons. The molecule has 0 amide bonds. The summed E-state index contributed by atoms with van der Waals surface area (Å²) in [6.45, 7) is 1.11. The van der Waals surface area contributed by atoms with E-state index in [4.69, 9.17) is 5.73 Å². The molecule has 0 aliphatic rings. The molecule has 4 nitrogen and oxygen atoms in total. The first-order valence-electron chi connectivity index (χ1n) is 5.48. The van der Waals surface area contributed by atoms with E-state index in [1.807, 2.05) is 31.3 Å². The van der Waals surface area contributed by atoms with Crippen molar-refractivity contribution >= 4 is 0 Å². The lowest BCUT2D eigenvalue weighted by Gasteiger charge is -2.18. The number of nitrogens with one attached hydrogen (secondary N) is 1. The summed E-state index contributed by atoms with van der Waals surface area (Å²) in [4.78, 5) is 0. The molecule has 1 aromatic rings. The summed E-state index contributed by atoms with van der Waals surface area (Å²) in [5.41, 5.74) is 7.15. The number of rotatable bonds is 6. The third-order valence-corrected chi connectivity index (χ3v) is 2.50. The summed E-state index contributed by atoms with van der Waals surface area (Å²) in [5.74, 6) is 0. The van der Waals surface area contributed by atoms with E-state index in [-0.39, 0.29) is 0 Å². The van der Waals surface area contributed by atoms with E-state index in [1.54, 1.807) is 0 Å². The number of hydrogen-bond donors (Lipinski definition) is 4. The number of aliphatic hydroxyl groups excluding tert-OH is 2. The van der Waals surface area contributed by atoms with Gasteiger partial charge in [-0.3, -0.25) is 0 Å². The van der Waals surface area contributed by atoms with Crippen molar-refractivity contribution in [2.24, 2.45) is 5.73 Å². The molecule has 0 radical (unpaired) electrons. The Balaban J connectivity index is 2.74. The Morgan fingerprint density at radius 2 is 2.12 bits per heavy atom. The van der Waals surface area contributed by atoms with Gasteiger partial charge >= 0.3 is 0 Å². The van der Waals surface area contributed by atoms with Crippen LogP contribution < -0.4 is 11.1 Å². The summed E-state index contributed by atoms with van der Waals surface area (Å²) >= 11 is 0.